The SMILES string of the molecule is CCCNC(=O)CN(C)c1ccc(C(=O)OC)cc1N. The maximum absolute atomic E-state index is 11.7. The van der Waals surface area contributed by atoms with E-state index in [1.165, 1.54) is 7.11 Å². The molecule has 0 aliphatic rings. The molecule has 0 unspecified atom stereocenters. The molecule has 0 saturated carbocycles. The van der Waals surface area contributed by atoms with E-state index in [1.807, 2.05) is 6.92 Å². The molecule has 0 aromatic heterocycles. The van der Waals surface area contributed by atoms with Gasteiger partial charge in [0.1, 0.15) is 0 Å². The zero-order valence-electron chi connectivity index (χ0n) is 12.1. The number of nitrogens with zero attached hydrogens (tertiary/aromatic N) is 1. The molecule has 6 nitrogen and oxygen atoms in total. The van der Waals surface area contributed by atoms with Crippen LogP contribution in [-0.2, 0) is 9.53 Å². The summed E-state index contributed by atoms with van der Waals surface area (Å²) >= 11 is 0. The van der Waals surface area contributed by atoms with Gasteiger partial charge in [-0.05, 0) is 24.6 Å². The average molecular weight is 279 g/mol. The lowest BCUT2D eigenvalue weighted by molar-refractivity contribution is -0.119. The Labute approximate surface area is 118 Å². The summed E-state index contributed by atoms with van der Waals surface area (Å²) in [6.07, 6.45) is 0.894. The Morgan fingerprint density at radius 1 is 1.40 bits per heavy atom. The molecule has 1 amide bonds. The number of hydrogen-bond donors (Lipinski definition) is 2. The van der Waals surface area contributed by atoms with Crippen molar-refractivity contribution in [2.45, 2.75) is 13.3 Å². The van der Waals surface area contributed by atoms with E-state index >= 15 is 0 Å². The number of methoxy groups -OCH3 is 1. The van der Waals surface area contributed by atoms with Crippen LogP contribution in [0, 0.1) is 0 Å². The number of likely N-dealkylation sites (N-methyl/N-ethyl adjacent to an activating group) is 1. The Morgan fingerprint density at radius 2 is 2.10 bits per heavy atom. The van der Waals surface area contributed by atoms with Crippen molar-refractivity contribution in [3.8, 4) is 0 Å². The average Bonchev–Trinajstić information content (AvgIpc) is 2.43. The highest BCUT2D eigenvalue weighted by Gasteiger charge is 2.12. The summed E-state index contributed by atoms with van der Waals surface area (Å²) in [4.78, 5) is 24.8. The number of hydrogen-bond acceptors (Lipinski definition) is 5. The molecule has 0 radical (unpaired) electrons. The number of nitrogens with two attached hydrogens (primary N) is 1. The van der Waals surface area contributed by atoms with Gasteiger partial charge in [0.05, 0.1) is 30.6 Å². The highest BCUT2D eigenvalue weighted by atomic mass is 16.5. The third-order valence-corrected chi connectivity index (χ3v) is 2.81. The Balaban J connectivity index is 2.76. The predicted octanol–water partition coefficient (Wildman–Crippen LogP) is 1.02. The van der Waals surface area contributed by atoms with Crippen LogP contribution < -0.4 is 16.0 Å². The van der Waals surface area contributed by atoms with E-state index in [9.17, 15) is 9.59 Å². The topological polar surface area (TPSA) is 84.7 Å². The van der Waals surface area contributed by atoms with Crippen LogP contribution in [0.15, 0.2) is 18.2 Å². The molecule has 0 saturated heterocycles. The van der Waals surface area contributed by atoms with E-state index in [1.54, 1.807) is 30.1 Å². The monoisotopic (exact) mass is 279 g/mol. The highest BCUT2D eigenvalue weighted by molar-refractivity contribution is 5.92. The molecule has 0 aliphatic carbocycles. The smallest absolute Gasteiger partial charge is 0.337 e. The molecule has 0 fully saturated rings. The van der Waals surface area contributed by atoms with E-state index in [4.69, 9.17) is 5.73 Å². The Morgan fingerprint density at radius 3 is 2.65 bits per heavy atom. The van der Waals surface area contributed by atoms with Gasteiger partial charge in [0.2, 0.25) is 5.91 Å². The molecule has 0 heterocycles. The van der Waals surface area contributed by atoms with Gasteiger partial charge in [0.25, 0.3) is 0 Å². The standard InChI is InChI=1S/C14H21N3O3/c1-4-7-16-13(18)9-17(2)12-6-5-10(8-11(12)15)14(19)20-3/h5-6,8H,4,7,9,15H2,1-3H3,(H,16,18). The van der Waals surface area contributed by atoms with Crippen molar-refractivity contribution < 1.29 is 14.3 Å². The molecule has 0 bridgehead atoms. The lowest BCUT2D eigenvalue weighted by atomic mass is 10.1. The first-order chi connectivity index (χ1) is 9.49. The van der Waals surface area contributed by atoms with Crippen molar-refractivity contribution in [3.63, 3.8) is 0 Å². The molecule has 20 heavy (non-hydrogen) atoms. The maximum Gasteiger partial charge on any atom is 0.337 e. The van der Waals surface area contributed by atoms with E-state index in [0.29, 0.717) is 23.5 Å². The van der Waals surface area contributed by atoms with Crippen LogP contribution in [0.4, 0.5) is 11.4 Å². The molecule has 0 atom stereocenters. The number of carbonyl (C=O) groups excluding carboxylic acids is 2. The van der Waals surface area contributed by atoms with Crippen LogP contribution in [0.1, 0.15) is 23.7 Å². The molecule has 1 aromatic rings. The van der Waals surface area contributed by atoms with E-state index < -0.39 is 5.97 Å². The zero-order valence-corrected chi connectivity index (χ0v) is 12.1. The number of nitrogen functional groups attached to an aromatic ring is 1. The number of anilines is 2. The first-order valence-corrected chi connectivity index (χ1v) is 6.45. The molecule has 6 heteroatoms. The van der Waals surface area contributed by atoms with Crippen molar-refractivity contribution in [2.24, 2.45) is 0 Å². The van der Waals surface area contributed by atoms with Gasteiger partial charge in [-0.1, -0.05) is 6.92 Å². The molecule has 0 spiro atoms. The molecule has 3 N–H and O–H groups in total. The van der Waals surface area contributed by atoms with E-state index in [-0.39, 0.29) is 12.5 Å². The number of benzene rings is 1. The molecular formula is C14H21N3O3. The van der Waals surface area contributed by atoms with Crippen LogP contribution in [-0.4, -0.2) is 39.1 Å². The quantitative estimate of drug-likeness (QED) is 0.600. The fraction of sp³-hybridized carbons (Fsp3) is 0.429. The van der Waals surface area contributed by atoms with Crippen molar-refractivity contribution in [1.29, 1.82) is 0 Å². The van der Waals surface area contributed by atoms with Gasteiger partial charge in [-0.25, -0.2) is 4.79 Å². The third kappa shape index (κ3) is 4.15. The van der Waals surface area contributed by atoms with E-state index in [0.717, 1.165) is 6.42 Å². The molecule has 1 aromatic carbocycles. The highest BCUT2D eigenvalue weighted by Crippen LogP contribution is 2.23. The molecular weight excluding hydrogens is 258 g/mol. The Kier molecular flexibility index (Phi) is 5.83. The number of rotatable bonds is 6. The largest absolute Gasteiger partial charge is 0.465 e. The van der Waals surface area contributed by atoms with Gasteiger partial charge in [0.15, 0.2) is 0 Å². The minimum absolute atomic E-state index is 0.0641. The summed E-state index contributed by atoms with van der Waals surface area (Å²) < 4.78 is 4.63. The minimum atomic E-state index is -0.438. The number of nitrogens with one attached hydrogen (secondary N) is 1. The Hall–Kier alpha value is -2.24. The van der Waals surface area contributed by atoms with Gasteiger partial charge in [0, 0.05) is 13.6 Å². The van der Waals surface area contributed by atoms with Gasteiger partial charge in [-0.15, -0.1) is 0 Å². The van der Waals surface area contributed by atoms with Gasteiger partial charge in [-0.2, -0.15) is 0 Å². The first kappa shape index (κ1) is 15.8. The second-order valence-corrected chi connectivity index (χ2v) is 4.47. The maximum atomic E-state index is 11.7. The summed E-state index contributed by atoms with van der Waals surface area (Å²) in [7, 11) is 3.09. The van der Waals surface area contributed by atoms with Crippen molar-refractivity contribution in [1.82, 2.24) is 5.32 Å². The van der Waals surface area contributed by atoms with E-state index in [2.05, 4.69) is 10.1 Å². The van der Waals surface area contributed by atoms with Gasteiger partial charge in [-0.3, -0.25) is 4.79 Å². The van der Waals surface area contributed by atoms with Crippen LogP contribution in [0.3, 0.4) is 0 Å². The first-order valence-electron chi connectivity index (χ1n) is 6.45. The second kappa shape index (κ2) is 7.37. The fourth-order valence-corrected chi connectivity index (χ4v) is 1.77. The predicted molar refractivity (Wildman–Crippen MR) is 78.8 cm³/mol. The summed E-state index contributed by atoms with van der Waals surface area (Å²) in [6, 6.07) is 4.87. The van der Waals surface area contributed by atoms with Crippen molar-refractivity contribution >= 4 is 23.3 Å². The number of carbonyl (C=O) groups is 2. The summed E-state index contributed by atoms with van der Waals surface area (Å²) in [5.41, 5.74) is 7.42. The lowest BCUT2D eigenvalue weighted by Gasteiger charge is -2.20. The van der Waals surface area contributed by atoms with Crippen LogP contribution >= 0.6 is 0 Å². The Bertz CT molecular complexity index is 489. The second-order valence-electron chi connectivity index (χ2n) is 4.47. The lowest BCUT2D eigenvalue weighted by Crippen LogP contribution is -2.35. The third-order valence-electron chi connectivity index (χ3n) is 2.81. The molecule has 0 aliphatic heterocycles. The minimum Gasteiger partial charge on any atom is -0.465 e. The fourth-order valence-electron chi connectivity index (χ4n) is 1.77. The van der Waals surface area contributed by atoms with Crippen LogP contribution in [0.2, 0.25) is 0 Å². The van der Waals surface area contributed by atoms with Gasteiger partial charge < -0.3 is 20.7 Å². The number of amides is 1. The van der Waals surface area contributed by atoms with Crippen molar-refractivity contribution in [2.75, 3.05) is 37.9 Å². The summed E-state index contributed by atoms with van der Waals surface area (Å²) in [5, 5.41) is 2.80. The molecule has 1 rings (SSSR count). The van der Waals surface area contributed by atoms with Crippen LogP contribution in [0.25, 0.3) is 0 Å². The number of esters is 1. The summed E-state index contributed by atoms with van der Waals surface area (Å²) in [6.45, 7) is 2.86. The zero-order chi connectivity index (χ0) is 15.1. The van der Waals surface area contributed by atoms with Crippen molar-refractivity contribution in [3.05, 3.63) is 23.8 Å². The summed E-state index contributed by atoms with van der Waals surface area (Å²) in [5.74, 6) is -0.502. The van der Waals surface area contributed by atoms with Crippen LogP contribution in [0.5, 0.6) is 0 Å². The van der Waals surface area contributed by atoms with Gasteiger partial charge >= 0.3 is 5.97 Å². The molecule has 110 valence electrons. The number of ether oxygens (including phenoxy) is 1. The normalized spacial score (nSPS) is 9.95.